The molecule has 1 N–H and O–H groups in total. The molecule has 4 nitrogen and oxygen atoms in total. The predicted octanol–water partition coefficient (Wildman–Crippen LogP) is 1.36. The molecular formula is C9H10N2O2S. The van der Waals surface area contributed by atoms with Crippen LogP contribution >= 0.6 is 11.3 Å². The van der Waals surface area contributed by atoms with Crippen molar-refractivity contribution in [1.29, 1.82) is 0 Å². The fourth-order valence-electron chi connectivity index (χ4n) is 0.811. The van der Waals surface area contributed by atoms with Crippen molar-refractivity contribution in [1.82, 2.24) is 4.98 Å². The first-order valence-electron chi connectivity index (χ1n) is 3.97. The van der Waals surface area contributed by atoms with Gasteiger partial charge in [0.1, 0.15) is 5.00 Å². The first-order chi connectivity index (χ1) is 6.79. The van der Waals surface area contributed by atoms with Crippen molar-refractivity contribution in [3.8, 4) is 11.8 Å². The van der Waals surface area contributed by atoms with Gasteiger partial charge in [0.2, 0.25) is 0 Å². The second-order valence-electron chi connectivity index (χ2n) is 2.28. The van der Waals surface area contributed by atoms with Crippen LogP contribution in [0.4, 0.5) is 5.00 Å². The van der Waals surface area contributed by atoms with Crippen molar-refractivity contribution >= 4 is 22.3 Å². The molecule has 0 aliphatic heterocycles. The molecule has 1 aromatic rings. The van der Waals surface area contributed by atoms with Crippen molar-refractivity contribution in [2.24, 2.45) is 0 Å². The van der Waals surface area contributed by atoms with Crippen LogP contribution in [0.5, 0.6) is 0 Å². The third kappa shape index (κ3) is 2.47. The highest BCUT2D eigenvalue weighted by atomic mass is 32.1. The van der Waals surface area contributed by atoms with Crippen LogP contribution in [0.25, 0.3) is 0 Å². The number of carbonyl (C=O) groups is 1. The molecule has 1 heterocycles. The normalized spacial score (nSPS) is 8.71. The lowest BCUT2D eigenvalue weighted by Crippen LogP contribution is -2.07. The number of rotatable bonds is 3. The Bertz CT molecular complexity index is 376. The Hall–Kier alpha value is -1.54. The molecule has 74 valence electrons. The van der Waals surface area contributed by atoms with E-state index >= 15 is 0 Å². The van der Waals surface area contributed by atoms with Gasteiger partial charge in [-0.3, -0.25) is 0 Å². The third-order valence-corrected chi connectivity index (χ3v) is 2.28. The SMILES string of the molecule is CC#CCOC(=O)c1ncsc1NC. The summed E-state index contributed by atoms with van der Waals surface area (Å²) < 4.78 is 4.86. The lowest BCUT2D eigenvalue weighted by Gasteiger charge is -1.99. The van der Waals surface area contributed by atoms with Crippen molar-refractivity contribution in [2.75, 3.05) is 19.0 Å². The number of esters is 1. The Balaban J connectivity index is 2.63. The quantitative estimate of drug-likeness (QED) is 0.604. The van der Waals surface area contributed by atoms with E-state index < -0.39 is 5.97 Å². The number of aromatic nitrogens is 1. The molecule has 0 saturated heterocycles. The van der Waals surface area contributed by atoms with Gasteiger partial charge < -0.3 is 10.1 Å². The van der Waals surface area contributed by atoms with Crippen LogP contribution in [0.3, 0.4) is 0 Å². The van der Waals surface area contributed by atoms with Crippen LogP contribution in [0.15, 0.2) is 5.51 Å². The zero-order chi connectivity index (χ0) is 10.4. The van der Waals surface area contributed by atoms with Gasteiger partial charge in [-0.25, -0.2) is 9.78 Å². The average molecular weight is 210 g/mol. The van der Waals surface area contributed by atoms with E-state index in [9.17, 15) is 4.79 Å². The van der Waals surface area contributed by atoms with E-state index in [4.69, 9.17) is 4.74 Å². The summed E-state index contributed by atoms with van der Waals surface area (Å²) in [5.74, 6) is 4.83. The second kappa shape index (κ2) is 5.25. The second-order valence-corrected chi connectivity index (χ2v) is 3.14. The average Bonchev–Trinajstić information content (AvgIpc) is 2.65. The molecule has 0 radical (unpaired) electrons. The Labute approximate surface area is 86.3 Å². The molecule has 0 aromatic carbocycles. The number of ether oxygens (including phenoxy) is 1. The molecule has 0 bridgehead atoms. The standard InChI is InChI=1S/C9H10N2O2S/c1-3-4-5-13-9(12)7-8(10-2)14-6-11-7/h6,10H,5H2,1-2H3. The number of thiazole rings is 1. The molecule has 0 unspecified atom stereocenters. The molecule has 0 aliphatic carbocycles. The van der Waals surface area contributed by atoms with Gasteiger partial charge in [0.25, 0.3) is 0 Å². The van der Waals surface area contributed by atoms with E-state index in [0.29, 0.717) is 10.7 Å². The van der Waals surface area contributed by atoms with Crippen molar-refractivity contribution < 1.29 is 9.53 Å². The van der Waals surface area contributed by atoms with Crippen LogP contribution < -0.4 is 5.32 Å². The van der Waals surface area contributed by atoms with E-state index in [1.165, 1.54) is 11.3 Å². The Morgan fingerprint density at radius 2 is 2.57 bits per heavy atom. The summed E-state index contributed by atoms with van der Waals surface area (Å²) in [6, 6.07) is 0. The van der Waals surface area contributed by atoms with E-state index in [2.05, 4.69) is 22.1 Å². The van der Waals surface area contributed by atoms with E-state index in [1.54, 1.807) is 19.5 Å². The fourth-order valence-corrected chi connectivity index (χ4v) is 1.44. The zero-order valence-corrected chi connectivity index (χ0v) is 8.77. The highest BCUT2D eigenvalue weighted by molar-refractivity contribution is 7.14. The first kappa shape index (κ1) is 10.5. The Kier molecular flexibility index (Phi) is 3.95. The minimum atomic E-state index is -0.446. The maximum absolute atomic E-state index is 11.4. The van der Waals surface area contributed by atoms with Gasteiger partial charge in [0, 0.05) is 7.05 Å². The van der Waals surface area contributed by atoms with Crippen molar-refractivity contribution in [2.45, 2.75) is 6.92 Å². The van der Waals surface area contributed by atoms with Crippen LogP contribution in [0.2, 0.25) is 0 Å². The van der Waals surface area contributed by atoms with Gasteiger partial charge in [-0.15, -0.1) is 17.3 Å². The third-order valence-electron chi connectivity index (χ3n) is 1.44. The smallest absolute Gasteiger partial charge is 0.360 e. The monoisotopic (exact) mass is 210 g/mol. The molecule has 1 rings (SSSR count). The molecule has 0 fully saturated rings. The minimum absolute atomic E-state index is 0.107. The molecule has 0 atom stereocenters. The minimum Gasteiger partial charge on any atom is -0.448 e. The van der Waals surface area contributed by atoms with Crippen LogP contribution in [-0.2, 0) is 4.74 Å². The number of nitrogens with one attached hydrogen (secondary N) is 1. The van der Waals surface area contributed by atoms with E-state index in [-0.39, 0.29) is 6.61 Å². The number of carbonyl (C=O) groups excluding carboxylic acids is 1. The summed E-state index contributed by atoms with van der Waals surface area (Å²) in [7, 11) is 1.73. The van der Waals surface area contributed by atoms with Crippen molar-refractivity contribution in [3.05, 3.63) is 11.2 Å². The van der Waals surface area contributed by atoms with E-state index in [1.807, 2.05) is 0 Å². The summed E-state index contributed by atoms with van der Waals surface area (Å²) in [6.07, 6.45) is 0. The predicted molar refractivity (Wildman–Crippen MR) is 55.4 cm³/mol. The Morgan fingerprint density at radius 1 is 1.79 bits per heavy atom. The topological polar surface area (TPSA) is 51.2 Å². The number of hydrogen-bond donors (Lipinski definition) is 1. The molecule has 5 heteroatoms. The van der Waals surface area contributed by atoms with Gasteiger partial charge >= 0.3 is 5.97 Å². The summed E-state index contributed by atoms with van der Waals surface area (Å²) in [5, 5.41) is 3.57. The fraction of sp³-hybridized carbons (Fsp3) is 0.333. The lowest BCUT2D eigenvalue weighted by atomic mass is 10.4. The molecule has 0 spiro atoms. The lowest BCUT2D eigenvalue weighted by molar-refractivity contribution is 0.0552. The van der Waals surface area contributed by atoms with E-state index in [0.717, 1.165) is 0 Å². The molecule has 0 aliphatic rings. The number of nitrogens with zero attached hydrogens (tertiary/aromatic N) is 1. The van der Waals surface area contributed by atoms with Crippen LogP contribution in [0.1, 0.15) is 17.4 Å². The van der Waals surface area contributed by atoms with Crippen LogP contribution in [0, 0.1) is 11.8 Å². The first-order valence-corrected chi connectivity index (χ1v) is 4.85. The zero-order valence-electron chi connectivity index (χ0n) is 7.96. The van der Waals surface area contributed by atoms with Gasteiger partial charge in [-0.2, -0.15) is 0 Å². The highest BCUT2D eigenvalue weighted by Gasteiger charge is 2.14. The molecule has 0 amide bonds. The number of anilines is 1. The van der Waals surface area contributed by atoms with Gasteiger partial charge in [-0.1, -0.05) is 5.92 Å². The largest absolute Gasteiger partial charge is 0.448 e. The summed E-state index contributed by atoms with van der Waals surface area (Å²) >= 11 is 1.36. The maximum atomic E-state index is 11.4. The number of hydrogen-bond acceptors (Lipinski definition) is 5. The van der Waals surface area contributed by atoms with Crippen LogP contribution in [-0.4, -0.2) is 24.6 Å². The summed E-state index contributed by atoms with van der Waals surface area (Å²) in [4.78, 5) is 15.3. The summed E-state index contributed by atoms with van der Waals surface area (Å²) in [6.45, 7) is 1.80. The molecule has 1 aromatic heterocycles. The van der Waals surface area contributed by atoms with Crippen molar-refractivity contribution in [3.63, 3.8) is 0 Å². The van der Waals surface area contributed by atoms with Gasteiger partial charge in [0.15, 0.2) is 12.3 Å². The molecule has 0 saturated carbocycles. The maximum Gasteiger partial charge on any atom is 0.360 e. The molecular weight excluding hydrogens is 200 g/mol. The Morgan fingerprint density at radius 3 is 3.21 bits per heavy atom. The molecule has 14 heavy (non-hydrogen) atoms. The summed E-state index contributed by atoms with van der Waals surface area (Å²) in [5.41, 5.74) is 1.91. The van der Waals surface area contributed by atoms with Gasteiger partial charge in [0.05, 0.1) is 5.51 Å². The van der Waals surface area contributed by atoms with Gasteiger partial charge in [-0.05, 0) is 6.92 Å². The highest BCUT2D eigenvalue weighted by Crippen LogP contribution is 2.19.